The highest BCUT2D eigenvalue weighted by molar-refractivity contribution is 8.26. The first-order chi connectivity index (χ1) is 8.72. The zero-order valence-electron chi connectivity index (χ0n) is 9.45. The van der Waals surface area contributed by atoms with Crippen molar-refractivity contribution < 1.29 is 9.90 Å². The fourth-order valence-electron chi connectivity index (χ4n) is 1.45. The summed E-state index contributed by atoms with van der Waals surface area (Å²) in [5, 5.41) is 8.99. The Labute approximate surface area is 115 Å². The van der Waals surface area contributed by atoms with E-state index in [0.717, 1.165) is 5.56 Å². The fourth-order valence-corrected chi connectivity index (χ4v) is 2.64. The van der Waals surface area contributed by atoms with Crippen molar-refractivity contribution >= 4 is 40.3 Å². The molecule has 0 atom stereocenters. The molecule has 1 N–H and O–H groups in total. The summed E-state index contributed by atoms with van der Waals surface area (Å²) in [5.74, 6) is -0.245. The average molecular weight is 277 g/mol. The number of benzene rings is 1. The monoisotopic (exact) mass is 277 g/mol. The highest BCUT2D eigenvalue weighted by atomic mass is 32.2. The lowest BCUT2D eigenvalue weighted by Crippen LogP contribution is -2.28. The van der Waals surface area contributed by atoms with E-state index in [4.69, 9.17) is 17.3 Å². The first kappa shape index (κ1) is 13.0. The second-order valence-corrected chi connectivity index (χ2v) is 5.22. The first-order valence-electron chi connectivity index (χ1n) is 5.30. The molecular weight excluding hydrogens is 266 g/mol. The summed E-state index contributed by atoms with van der Waals surface area (Å²) < 4.78 is 0.391. The molecule has 0 radical (unpaired) electrons. The number of thiocarbonyl (C=S) groups is 1. The van der Waals surface area contributed by atoms with E-state index < -0.39 is 0 Å². The molecule has 5 heteroatoms. The van der Waals surface area contributed by atoms with E-state index in [1.54, 1.807) is 12.2 Å². The number of nitrogens with zero attached hydrogens (tertiary/aromatic N) is 1. The maximum absolute atomic E-state index is 11.7. The van der Waals surface area contributed by atoms with E-state index in [9.17, 15) is 4.79 Å². The molecule has 2 rings (SSSR count). The molecule has 0 unspecified atom stereocenters. The third kappa shape index (κ3) is 2.87. The van der Waals surface area contributed by atoms with Crippen LogP contribution in [0.25, 0.3) is 6.08 Å². The first-order valence-corrected chi connectivity index (χ1v) is 6.53. The molecule has 1 amide bonds. The molecule has 1 heterocycles. The van der Waals surface area contributed by atoms with Gasteiger partial charge in [0.25, 0.3) is 5.91 Å². The third-order valence-electron chi connectivity index (χ3n) is 2.35. The summed E-state index contributed by atoms with van der Waals surface area (Å²) in [6, 6.07) is 9.80. The zero-order valence-corrected chi connectivity index (χ0v) is 11.1. The summed E-state index contributed by atoms with van der Waals surface area (Å²) in [6.45, 7) is -0.371. The molecule has 0 aromatic heterocycles. The van der Waals surface area contributed by atoms with Crippen molar-refractivity contribution in [2.45, 2.75) is 0 Å². The summed E-state index contributed by atoms with van der Waals surface area (Å²) in [4.78, 5) is 13.4. The average Bonchev–Trinajstić information content (AvgIpc) is 2.65. The molecule has 1 aliphatic heterocycles. The fraction of sp³-hybridized carbons (Fsp3) is 0.0769. The van der Waals surface area contributed by atoms with Crippen molar-refractivity contribution in [1.29, 1.82) is 0 Å². The van der Waals surface area contributed by atoms with Gasteiger partial charge in [-0.3, -0.25) is 9.69 Å². The van der Waals surface area contributed by atoms with Crippen LogP contribution in [0.5, 0.6) is 0 Å². The number of amides is 1. The Bertz CT molecular complexity index is 523. The summed E-state index contributed by atoms with van der Waals surface area (Å²) >= 11 is 6.18. The normalized spacial score (nSPS) is 18.3. The van der Waals surface area contributed by atoms with E-state index >= 15 is 0 Å². The minimum atomic E-state index is -0.371. The summed E-state index contributed by atoms with van der Waals surface area (Å²) in [5.41, 5.74) is 1.06. The molecular formula is C13H11NO2S2. The molecule has 18 heavy (non-hydrogen) atoms. The summed E-state index contributed by atoms with van der Waals surface area (Å²) in [7, 11) is 0. The van der Waals surface area contributed by atoms with Crippen LogP contribution in [0, 0.1) is 0 Å². The van der Waals surface area contributed by atoms with Gasteiger partial charge in [0.05, 0.1) is 4.91 Å². The van der Waals surface area contributed by atoms with E-state index in [0.29, 0.717) is 9.23 Å². The van der Waals surface area contributed by atoms with Gasteiger partial charge < -0.3 is 5.11 Å². The van der Waals surface area contributed by atoms with Crippen molar-refractivity contribution in [3.05, 3.63) is 53.0 Å². The van der Waals surface area contributed by atoms with Gasteiger partial charge in [-0.05, 0) is 11.6 Å². The molecule has 1 saturated heterocycles. The number of carbonyl (C=O) groups excluding carboxylic acids is 1. The van der Waals surface area contributed by atoms with Crippen molar-refractivity contribution in [2.24, 2.45) is 0 Å². The Morgan fingerprint density at radius 1 is 1.33 bits per heavy atom. The van der Waals surface area contributed by atoms with Gasteiger partial charge in [0.15, 0.2) is 0 Å². The quantitative estimate of drug-likeness (QED) is 0.680. The number of hydrogen-bond donors (Lipinski definition) is 1. The minimum Gasteiger partial charge on any atom is -0.376 e. The SMILES string of the molecule is O=C1/C(=C/C=C/c2ccccc2)SC(=S)N1CO. The van der Waals surface area contributed by atoms with Gasteiger partial charge in [0.2, 0.25) is 0 Å². The van der Waals surface area contributed by atoms with Crippen LogP contribution in [0.1, 0.15) is 5.56 Å². The van der Waals surface area contributed by atoms with Crippen LogP contribution < -0.4 is 0 Å². The highest BCUT2D eigenvalue weighted by Crippen LogP contribution is 2.30. The Balaban J connectivity index is 2.09. The molecule has 92 valence electrons. The van der Waals surface area contributed by atoms with Gasteiger partial charge in [-0.25, -0.2) is 0 Å². The number of thioether (sulfide) groups is 1. The van der Waals surface area contributed by atoms with Crippen LogP contribution in [-0.4, -0.2) is 27.0 Å². The predicted molar refractivity (Wildman–Crippen MR) is 77.7 cm³/mol. The Hall–Kier alpha value is -1.43. The zero-order chi connectivity index (χ0) is 13.0. The Morgan fingerprint density at radius 3 is 2.67 bits per heavy atom. The van der Waals surface area contributed by atoms with E-state index in [-0.39, 0.29) is 12.6 Å². The number of rotatable bonds is 3. The topological polar surface area (TPSA) is 40.5 Å². The standard InChI is InChI=1S/C13H11NO2S2/c15-9-14-12(16)11(18-13(14)17)8-4-7-10-5-2-1-3-6-10/h1-8,15H,9H2/b7-4+,11-8-. The van der Waals surface area contributed by atoms with Gasteiger partial charge in [-0.1, -0.05) is 66.5 Å². The van der Waals surface area contributed by atoms with Crippen molar-refractivity contribution in [1.82, 2.24) is 4.90 Å². The van der Waals surface area contributed by atoms with E-state index in [1.165, 1.54) is 16.7 Å². The van der Waals surface area contributed by atoms with Crippen molar-refractivity contribution in [2.75, 3.05) is 6.73 Å². The van der Waals surface area contributed by atoms with Gasteiger partial charge in [0, 0.05) is 0 Å². The lowest BCUT2D eigenvalue weighted by molar-refractivity contribution is -0.124. The Kier molecular flexibility index (Phi) is 4.30. The third-order valence-corrected chi connectivity index (χ3v) is 3.75. The number of hydrogen-bond acceptors (Lipinski definition) is 4. The van der Waals surface area contributed by atoms with E-state index in [2.05, 4.69) is 0 Å². The second-order valence-electron chi connectivity index (χ2n) is 3.54. The molecule has 0 aliphatic carbocycles. The predicted octanol–water partition coefficient (Wildman–Crippen LogP) is 2.39. The lowest BCUT2D eigenvalue weighted by Gasteiger charge is -2.08. The van der Waals surface area contributed by atoms with E-state index in [1.807, 2.05) is 36.4 Å². The second kappa shape index (κ2) is 5.95. The summed E-state index contributed by atoms with van der Waals surface area (Å²) in [6.07, 6.45) is 5.42. The number of aliphatic hydroxyl groups is 1. The largest absolute Gasteiger partial charge is 0.376 e. The molecule has 1 fully saturated rings. The molecule has 1 aromatic rings. The van der Waals surface area contributed by atoms with Crippen LogP contribution in [0.3, 0.4) is 0 Å². The molecule has 3 nitrogen and oxygen atoms in total. The minimum absolute atomic E-state index is 0.245. The maximum atomic E-state index is 11.7. The van der Waals surface area contributed by atoms with Crippen molar-refractivity contribution in [3.8, 4) is 0 Å². The molecule has 0 bridgehead atoms. The molecule has 1 aromatic carbocycles. The lowest BCUT2D eigenvalue weighted by atomic mass is 10.2. The van der Waals surface area contributed by atoms with Crippen LogP contribution >= 0.6 is 24.0 Å². The number of allylic oxidation sites excluding steroid dienone is 2. The van der Waals surface area contributed by atoms with Crippen LogP contribution in [0.2, 0.25) is 0 Å². The molecule has 1 aliphatic rings. The number of carbonyl (C=O) groups is 1. The smallest absolute Gasteiger partial charge is 0.268 e. The van der Waals surface area contributed by atoms with Gasteiger partial charge in [0.1, 0.15) is 11.1 Å². The molecule has 0 spiro atoms. The maximum Gasteiger partial charge on any atom is 0.268 e. The Morgan fingerprint density at radius 2 is 2.06 bits per heavy atom. The van der Waals surface area contributed by atoms with Crippen LogP contribution in [0.15, 0.2) is 47.4 Å². The molecule has 0 saturated carbocycles. The highest BCUT2D eigenvalue weighted by Gasteiger charge is 2.30. The van der Waals surface area contributed by atoms with Crippen LogP contribution in [0.4, 0.5) is 0 Å². The van der Waals surface area contributed by atoms with Crippen molar-refractivity contribution in [3.63, 3.8) is 0 Å². The van der Waals surface area contributed by atoms with Gasteiger partial charge in [-0.15, -0.1) is 0 Å². The van der Waals surface area contributed by atoms with Gasteiger partial charge in [-0.2, -0.15) is 0 Å². The van der Waals surface area contributed by atoms with Crippen LogP contribution in [-0.2, 0) is 4.79 Å². The van der Waals surface area contributed by atoms with Gasteiger partial charge >= 0.3 is 0 Å². The number of aliphatic hydroxyl groups excluding tert-OH is 1.